The highest BCUT2D eigenvalue weighted by Crippen LogP contribution is 2.32. The third-order valence-corrected chi connectivity index (χ3v) is 6.93. The van der Waals surface area contributed by atoms with E-state index in [1.165, 1.54) is 12.1 Å². The van der Waals surface area contributed by atoms with E-state index < -0.39 is 0 Å². The molecule has 0 saturated carbocycles. The van der Waals surface area contributed by atoms with Crippen LogP contribution in [0.2, 0.25) is 0 Å². The number of hydrogen-bond donors (Lipinski definition) is 0. The van der Waals surface area contributed by atoms with Gasteiger partial charge in [0.1, 0.15) is 17.5 Å². The highest BCUT2D eigenvalue weighted by atomic mass is 19.1. The number of esters is 1. The number of aryl methyl sites for hydroxylation is 1. The van der Waals surface area contributed by atoms with Crippen LogP contribution in [0.15, 0.2) is 24.3 Å². The fraction of sp³-hybridized carbons (Fsp3) is 0.536. The largest absolute Gasteiger partial charge is 0.466 e. The molecule has 0 aliphatic carbocycles. The molecule has 1 amide bonds. The summed E-state index contributed by atoms with van der Waals surface area (Å²) >= 11 is 0. The van der Waals surface area contributed by atoms with Crippen molar-refractivity contribution in [1.82, 2.24) is 24.6 Å². The Bertz CT molecular complexity index is 1280. The maximum Gasteiger partial charge on any atom is 0.306 e. The van der Waals surface area contributed by atoms with Crippen LogP contribution in [0.25, 0.3) is 16.7 Å². The standard InChI is InChI=1S/C28H37FN6O3/c1-5-8-19(3)26-30-27(25-20(4)32-35(28(25)31-26)22-11-9-21(29)10-12-22)34-16-7-15-33(17-18-34)23(36)13-14-24(37)38-6-2/h9-12,19H,5-8,13-18H2,1-4H3/t19-/m1/s1. The summed E-state index contributed by atoms with van der Waals surface area (Å²) in [5.41, 5.74) is 2.22. The third-order valence-electron chi connectivity index (χ3n) is 6.93. The number of amides is 1. The number of ether oxygens (including phenoxy) is 1. The predicted octanol–water partition coefficient (Wildman–Crippen LogP) is 4.55. The van der Waals surface area contributed by atoms with Crippen LogP contribution in [-0.4, -0.2) is 69.3 Å². The monoisotopic (exact) mass is 524 g/mol. The molecule has 3 aromatic rings. The quantitative estimate of drug-likeness (QED) is 0.379. The van der Waals surface area contributed by atoms with Crippen molar-refractivity contribution in [3.63, 3.8) is 0 Å². The molecule has 204 valence electrons. The third kappa shape index (κ3) is 6.11. The summed E-state index contributed by atoms with van der Waals surface area (Å²) in [6.07, 6.45) is 3.00. The lowest BCUT2D eigenvalue weighted by molar-refractivity contribution is -0.145. The topological polar surface area (TPSA) is 93.5 Å². The van der Waals surface area contributed by atoms with Crippen LogP contribution in [0.3, 0.4) is 0 Å². The van der Waals surface area contributed by atoms with Gasteiger partial charge in [0.2, 0.25) is 5.91 Å². The zero-order valence-electron chi connectivity index (χ0n) is 22.7. The number of fused-ring (bicyclic) bond motifs is 1. The van der Waals surface area contributed by atoms with Gasteiger partial charge in [-0.3, -0.25) is 9.59 Å². The number of carbonyl (C=O) groups is 2. The van der Waals surface area contributed by atoms with Crippen molar-refractivity contribution in [3.8, 4) is 5.69 Å². The lowest BCUT2D eigenvalue weighted by atomic mass is 10.1. The zero-order valence-corrected chi connectivity index (χ0v) is 22.7. The number of aromatic nitrogens is 4. The van der Waals surface area contributed by atoms with E-state index in [9.17, 15) is 14.0 Å². The van der Waals surface area contributed by atoms with Gasteiger partial charge < -0.3 is 14.5 Å². The van der Waals surface area contributed by atoms with E-state index in [1.807, 2.05) is 11.8 Å². The zero-order chi connectivity index (χ0) is 27.2. The van der Waals surface area contributed by atoms with E-state index >= 15 is 0 Å². The van der Waals surface area contributed by atoms with Gasteiger partial charge in [0.05, 0.1) is 29.8 Å². The maximum atomic E-state index is 13.6. The molecular weight excluding hydrogens is 487 g/mol. The summed E-state index contributed by atoms with van der Waals surface area (Å²) in [5.74, 6) is 1.05. The Morgan fingerprint density at radius 1 is 1.05 bits per heavy atom. The number of rotatable bonds is 9. The lowest BCUT2D eigenvalue weighted by Gasteiger charge is -2.24. The summed E-state index contributed by atoms with van der Waals surface area (Å²) in [6, 6.07) is 6.24. The van der Waals surface area contributed by atoms with Crippen molar-refractivity contribution in [1.29, 1.82) is 0 Å². The van der Waals surface area contributed by atoms with Gasteiger partial charge in [0.25, 0.3) is 0 Å². The number of anilines is 1. The normalized spacial score (nSPS) is 15.0. The Hall–Kier alpha value is -3.56. The molecule has 38 heavy (non-hydrogen) atoms. The molecule has 0 bridgehead atoms. The molecule has 0 unspecified atom stereocenters. The first-order valence-corrected chi connectivity index (χ1v) is 13.5. The van der Waals surface area contributed by atoms with Crippen molar-refractivity contribution in [2.75, 3.05) is 37.7 Å². The Kier molecular flexibility index (Phi) is 8.91. The molecule has 0 spiro atoms. The average Bonchev–Trinajstić information content (AvgIpc) is 3.07. The summed E-state index contributed by atoms with van der Waals surface area (Å²) in [7, 11) is 0. The first kappa shape index (κ1) is 27.5. The van der Waals surface area contributed by atoms with Crippen LogP contribution in [0, 0.1) is 12.7 Å². The molecule has 2 aromatic heterocycles. The molecule has 1 fully saturated rings. The van der Waals surface area contributed by atoms with Crippen LogP contribution in [0.1, 0.15) is 70.3 Å². The van der Waals surface area contributed by atoms with E-state index in [0.717, 1.165) is 54.2 Å². The SMILES string of the molecule is CCC[C@@H](C)c1nc(N2CCCN(C(=O)CCC(=O)OCC)CC2)c2c(C)nn(-c3ccc(F)cc3)c2n1. The maximum absolute atomic E-state index is 13.6. The van der Waals surface area contributed by atoms with Gasteiger partial charge in [-0.2, -0.15) is 5.10 Å². The molecule has 1 aromatic carbocycles. The van der Waals surface area contributed by atoms with Crippen LogP contribution in [0.5, 0.6) is 0 Å². The molecule has 0 N–H and O–H groups in total. The molecule has 1 atom stereocenters. The summed E-state index contributed by atoms with van der Waals surface area (Å²) in [4.78, 5) is 38.6. The van der Waals surface area contributed by atoms with E-state index in [2.05, 4.69) is 18.7 Å². The van der Waals surface area contributed by atoms with Gasteiger partial charge >= 0.3 is 5.97 Å². The lowest BCUT2D eigenvalue weighted by Crippen LogP contribution is -2.35. The fourth-order valence-electron chi connectivity index (χ4n) is 4.93. The highest BCUT2D eigenvalue weighted by molar-refractivity contribution is 5.91. The molecule has 9 nitrogen and oxygen atoms in total. The first-order valence-electron chi connectivity index (χ1n) is 13.5. The number of hydrogen-bond acceptors (Lipinski definition) is 7. The second-order valence-electron chi connectivity index (χ2n) is 9.79. The van der Waals surface area contributed by atoms with Crippen molar-refractivity contribution in [2.45, 2.75) is 65.7 Å². The number of carbonyl (C=O) groups excluding carboxylic acids is 2. The van der Waals surface area contributed by atoms with E-state index in [-0.39, 0.29) is 36.5 Å². The Morgan fingerprint density at radius 3 is 2.53 bits per heavy atom. The van der Waals surface area contributed by atoms with Gasteiger partial charge in [-0.15, -0.1) is 0 Å². The second-order valence-corrected chi connectivity index (χ2v) is 9.79. The van der Waals surface area contributed by atoms with E-state index in [0.29, 0.717) is 31.9 Å². The van der Waals surface area contributed by atoms with Gasteiger partial charge in [0, 0.05) is 38.5 Å². The average molecular weight is 525 g/mol. The van der Waals surface area contributed by atoms with Gasteiger partial charge in [-0.25, -0.2) is 19.0 Å². The van der Waals surface area contributed by atoms with Gasteiger partial charge in [-0.1, -0.05) is 20.3 Å². The molecule has 3 heterocycles. The molecule has 0 radical (unpaired) electrons. The van der Waals surface area contributed by atoms with Crippen LogP contribution >= 0.6 is 0 Å². The van der Waals surface area contributed by atoms with E-state index in [1.54, 1.807) is 23.7 Å². The summed E-state index contributed by atoms with van der Waals surface area (Å²) < 4.78 is 20.3. The first-order chi connectivity index (χ1) is 18.3. The Balaban J connectivity index is 1.65. The molecule has 4 rings (SSSR count). The van der Waals surface area contributed by atoms with Crippen LogP contribution < -0.4 is 4.90 Å². The fourth-order valence-corrected chi connectivity index (χ4v) is 4.93. The molecule has 1 aliphatic heterocycles. The Morgan fingerprint density at radius 2 is 1.82 bits per heavy atom. The van der Waals surface area contributed by atoms with Crippen molar-refractivity contribution >= 4 is 28.7 Å². The van der Waals surface area contributed by atoms with Gasteiger partial charge in [0.15, 0.2) is 5.65 Å². The number of nitrogens with zero attached hydrogens (tertiary/aromatic N) is 6. The van der Waals surface area contributed by atoms with Crippen molar-refractivity contribution in [3.05, 3.63) is 41.6 Å². The van der Waals surface area contributed by atoms with Crippen molar-refractivity contribution < 1.29 is 18.7 Å². The predicted molar refractivity (Wildman–Crippen MR) is 144 cm³/mol. The second kappa shape index (κ2) is 12.3. The molecular formula is C28H37FN6O3. The summed E-state index contributed by atoms with van der Waals surface area (Å²) in [5, 5.41) is 5.64. The van der Waals surface area contributed by atoms with E-state index in [4.69, 9.17) is 19.8 Å². The van der Waals surface area contributed by atoms with Crippen molar-refractivity contribution in [2.24, 2.45) is 0 Å². The van der Waals surface area contributed by atoms with Crippen LogP contribution in [0.4, 0.5) is 10.2 Å². The minimum Gasteiger partial charge on any atom is -0.466 e. The number of benzene rings is 1. The highest BCUT2D eigenvalue weighted by Gasteiger charge is 2.26. The molecule has 1 aliphatic rings. The Labute approximate surface area is 223 Å². The molecule has 10 heteroatoms. The smallest absolute Gasteiger partial charge is 0.306 e. The minimum absolute atomic E-state index is 0.0368. The summed E-state index contributed by atoms with van der Waals surface area (Å²) in [6.45, 7) is 10.8. The van der Waals surface area contributed by atoms with Gasteiger partial charge in [-0.05, 0) is 51.0 Å². The van der Waals surface area contributed by atoms with Crippen LogP contribution in [-0.2, 0) is 14.3 Å². The minimum atomic E-state index is -0.344. The number of halogens is 1. The molecule has 1 saturated heterocycles.